The van der Waals surface area contributed by atoms with Crippen molar-refractivity contribution in [2.24, 2.45) is 0 Å². The highest BCUT2D eigenvalue weighted by Crippen LogP contribution is 2.28. The molecule has 0 N–H and O–H groups in total. The third kappa shape index (κ3) is 4.68. The average Bonchev–Trinajstić information content (AvgIpc) is 3.31. The van der Waals surface area contributed by atoms with Crippen LogP contribution in [0.1, 0.15) is 20.0 Å². The molecular weight excluding hydrogens is 396 g/mol. The number of methoxy groups -OCH3 is 2. The zero-order chi connectivity index (χ0) is 20.8. The van der Waals surface area contributed by atoms with Crippen LogP contribution in [0.5, 0.6) is 11.5 Å². The van der Waals surface area contributed by atoms with Crippen LogP contribution < -0.4 is 9.47 Å². The average molecular weight is 418 g/mol. The van der Waals surface area contributed by atoms with Crippen molar-refractivity contribution in [3.05, 3.63) is 46.2 Å². The summed E-state index contributed by atoms with van der Waals surface area (Å²) in [5.74, 6) is -0.415. The van der Waals surface area contributed by atoms with Gasteiger partial charge in [0, 0.05) is 26.2 Å². The van der Waals surface area contributed by atoms with Crippen LogP contribution in [0.2, 0.25) is 0 Å². The third-order valence-electron chi connectivity index (χ3n) is 4.61. The largest absolute Gasteiger partial charge is 0.496 e. The van der Waals surface area contributed by atoms with Gasteiger partial charge in [-0.25, -0.2) is 4.79 Å². The molecule has 29 heavy (non-hydrogen) atoms. The Labute approximate surface area is 172 Å². The van der Waals surface area contributed by atoms with E-state index in [9.17, 15) is 14.4 Å². The van der Waals surface area contributed by atoms with E-state index in [4.69, 9.17) is 14.2 Å². The van der Waals surface area contributed by atoms with Crippen molar-refractivity contribution in [1.82, 2.24) is 9.80 Å². The molecule has 1 aromatic heterocycles. The van der Waals surface area contributed by atoms with Crippen LogP contribution in [0.4, 0.5) is 0 Å². The first-order valence-corrected chi connectivity index (χ1v) is 9.91. The predicted molar refractivity (Wildman–Crippen MR) is 107 cm³/mol. The molecule has 3 rings (SSSR count). The number of nitrogens with zero attached hydrogens (tertiary/aromatic N) is 2. The number of ether oxygens (including phenoxy) is 3. The standard InChI is InChI=1S/C20H22N2O6S/c1-26-14-5-3-6-15(27-2)18(14)20(25)28-13-17(23)21-8-10-22(11-9-21)19(24)16-7-4-12-29-16/h3-7,12H,8-11,13H2,1-2H3. The van der Waals surface area contributed by atoms with Gasteiger partial charge in [-0.2, -0.15) is 0 Å². The molecule has 2 aromatic rings. The molecule has 0 spiro atoms. The minimum Gasteiger partial charge on any atom is -0.496 e. The maximum Gasteiger partial charge on any atom is 0.346 e. The molecular formula is C20H22N2O6S. The number of carbonyl (C=O) groups excluding carboxylic acids is 3. The van der Waals surface area contributed by atoms with E-state index >= 15 is 0 Å². The Balaban J connectivity index is 1.53. The Morgan fingerprint density at radius 3 is 2.10 bits per heavy atom. The second kappa shape index (κ2) is 9.42. The molecule has 0 unspecified atom stereocenters. The number of hydrogen-bond donors (Lipinski definition) is 0. The summed E-state index contributed by atoms with van der Waals surface area (Å²) in [5, 5.41) is 1.86. The number of esters is 1. The molecule has 1 aromatic carbocycles. The molecule has 2 amide bonds. The summed E-state index contributed by atoms with van der Waals surface area (Å²) in [6.45, 7) is 1.28. The fraction of sp³-hybridized carbons (Fsp3) is 0.350. The lowest BCUT2D eigenvalue weighted by Crippen LogP contribution is -2.51. The lowest BCUT2D eigenvalue weighted by atomic mass is 10.2. The summed E-state index contributed by atoms with van der Waals surface area (Å²) in [6.07, 6.45) is 0. The van der Waals surface area contributed by atoms with Crippen molar-refractivity contribution >= 4 is 29.1 Å². The van der Waals surface area contributed by atoms with Gasteiger partial charge in [0.2, 0.25) is 0 Å². The Hall–Kier alpha value is -3.07. The maximum absolute atomic E-state index is 12.5. The van der Waals surface area contributed by atoms with Crippen LogP contribution in [0.15, 0.2) is 35.7 Å². The topological polar surface area (TPSA) is 85.4 Å². The zero-order valence-corrected chi connectivity index (χ0v) is 17.1. The van der Waals surface area contributed by atoms with Gasteiger partial charge in [0.25, 0.3) is 11.8 Å². The highest BCUT2D eigenvalue weighted by atomic mass is 32.1. The van der Waals surface area contributed by atoms with Gasteiger partial charge in [0.15, 0.2) is 6.61 Å². The second-order valence-electron chi connectivity index (χ2n) is 6.26. The number of piperazine rings is 1. The molecule has 0 radical (unpaired) electrons. The van der Waals surface area contributed by atoms with Gasteiger partial charge in [0.05, 0.1) is 19.1 Å². The molecule has 1 fully saturated rings. The second-order valence-corrected chi connectivity index (χ2v) is 7.21. The van der Waals surface area contributed by atoms with Crippen molar-refractivity contribution in [3.8, 4) is 11.5 Å². The van der Waals surface area contributed by atoms with Gasteiger partial charge in [-0.3, -0.25) is 9.59 Å². The fourth-order valence-electron chi connectivity index (χ4n) is 3.06. The van der Waals surface area contributed by atoms with E-state index in [1.54, 1.807) is 34.1 Å². The molecule has 1 saturated heterocycles. The van der Waals surface area contributed by atoms with Crippen molar-refractivity contribution < 1.29 is 28.6 Å². The minimum absolute atomic E-state index is 0.0261. The van der Waals surface area contributed by atoms with Crippen LogP contribution in [-0.2, 0) is 9.53 Å². The van der Waals surface area contributed by atoms with Gasteiger partial charge in [0.1, 0.15) is 17.1 Å². The summed E-state index contributed by atoms with van der Waals surface area (Å²) in [7, 11) is 2.88. The third-order valence-corrected chi connectivity index (χ3v) is 5.47. The first kappa shape index (κ1) is 20.7. The number of carbonyl (C=O) groups is 3. The van der Waals surface area contributed by atoms with E-state index in [1.165, 1.54) is 25.6 Å². The first-order valence-electron chi connectivity index (χ1n) is 9.03. The highest BCUT2D eigenvalue weighted by molar-refractivity contribution is 7.12. The lowest BCUT2D eigenvalue weighted by molar-refractivity contribution is -0.136. The van der Waals surface area contributed by atoms with Crippen molar-refractivity contribution in [1.29, 1.82) is 0 Å². The zero-order valence-electron chi connectivity index (χ0n) is 16.3. The summed E-state index contributed by atoms with van der Waals surface area (Å²) < 4.78 is 15.6. The van der Waals surface area contributed by atoms with E-state index < -0.39 is 5.97 Å². The summed E-state index contributed by atoms with van der Waals surface area (Å²) in [4.78, 5) is 41.3. The quantitative estimate of drug-likeness (QED) is 0.667. The van der Waals surface area contributed by atoms with E-state index in [2.05, 4.69) is 0 Å². The van der Waals surface area contributed by atoms with Gasteiger partial charge >= 0.3 is 5.97 Å². The van der Waals surface area contributed by atoms with Crippen LogP contribution >= 0.6 is 11.3 Å². The molecule has 2 heterocycles. The Morgan fingerprint density at radius 1 is 0.931 bits per heavy atom. The normalized spacial score (nSPS) is 13.7. The van der Waals surface area contributed by atoms with E-state index in [1.807, 2.05) is 11.4 Å². The van der Waals surface area contributed by atoms with Gasteiger partial charge in [-0.1, -0.05) is 12.1 Å². The SMILES string of the molecule is COc1cccc(OC)c1C(=O)OCC(=O)N1CCN(C(=O)c2cccs2)CC1. The molecule has 154 valence electrons. The number of rotatable bonds is 6. The summed E-state index contributed by atoms with van der Waals surface area (Å²) in [6, 6.07) is 8.55. The number of benzene rings is 1. The van der Waals surface area contributed by atoms with Crippen molar-refractivity contribution in [2.45, 2.75) is 0 Å². The smallest absolute Gasteiger partial charge is 0.346 e. The van der Waals surface area contributed by atoms with Crippen molar-refractivity contribution in [3.63, 3.8) is 0 Å². The summed E-state index contributed by atoms with van der Waals surface area (Å²) >= 11 is 1.40. The molecule has 9 heteroatoms. The van der Waals surface area contributed by atoms with E-state index in [0.717, 1.165) is 0 Å². The molecule has 1 aliphatic rings. The first-order chi connectivity index (χ1) is 14.0. The molecule has 8 nitrogen and oxygen atoms in total. The maximum atomic E-state index is 12.5. The minimum atomic E-state index is -0.695. The molecule has 0 atom stereocenters. The van der Waals surface area contributed by atoms with Gasteiger partial charge in [-0.05, 0) is 23.6 Å². The monoisotopic (exact) mass is 418 g/mol. The Kier molecular flexibility index (Phi) is 6.71. The number of hydrogen-bond acceptors (Lipinski definition) is 7. The predicted octanol–water partition coefficient (Wildman–Crippen LogP) is 1.91. The van der Waals surface area contributed by atoms with E-state index in [-0.39, 0.29) is 24.0 Å². The Morgan fingerprint density at radius 2 is 1.55 bits per heavy atom. The van der Waals surface area contributed by atoms with Gasteiger partial charge in [-0.15, -0.1) is 11.3 Å². The number of amides is 2. The highest BCUT2D eigenvalue weighted by Gasteiger charge is 2.27. The molecule has 0 saturated carbocycles. The van der Waals surface area contributed by atoms with Gasteiger partial charge < -0.3 is 24.0 Å². The fourth-order valence-corrected chi connectivity index (χ4v) is 3.75. The summed E-state index contributed by atoms with van der Waals surface area (Å²) in [5.41, 5.74) is 0.136. The van der Waals surface area contributed by atoms with Crippen LogP contribution in [-0.4, -0.2) is 74.6 Å². The van der Waals surface area contributed by atoms with Crippen LogP contribution in [0.3, 0.4) is 0 Å². The molecule has 0 aliphatic carbocycles. The lowest BCUT2D eigenvalue weighted by Gasteiger charge is -2.34. The molecule has 1 aliphatic heterocycles. The van der Waals surface area contributed by atoms with Crippen LogP contribution in [0, 0.1) is 0 Å². The Bertz CT molecular complexity index is 853. The van der Waals surface area contributed by atoms with E-state index in [0.29, 0.717) is 42.6 Å². The molecule has 0 bridgehead atoms. The van der Waals surface area contributed by atoms with Crippen LogP contribution in [0.25, 0.3) is 0 Å². The van der Waals surface area contributed by atoms with Crippen molar-refractivity contribution in [2.75, 3.05) is 47.0 Å². The number of thiophene rings is 1.